The van der Waals surface area contributed by atoms with Crippen LogP contribution in [0.15, 0.2) is 48.5 Å². The Labute approximate surface area is 162 Å². The third kappa shape index (κ3) is 5.10. The number of amides is 1. The van der Waals surface area contributed by atoms with Gasteiger partial charge in [0.2, 0.25) is 0 Å². The first kappa shape index (κ1) is 19.4. The van der Waals surface area contributed by atoms with Gasteiger partial charge in [-0.3, -0.25) is 9.69 Å². The molecule has 0 radical (unpaired) electrons. The van der Waals surface area contributed by atoms with Crippen molar-refractivity contribution in [1.82, 2.24) is 10.2 Å². The summed E-state index contributed by atoms with van der Waals surface area (Å²) < 4.78 is 5.51. The standard InChI is InChI=1S/C23H30N2O2/c1-3-18-10-12-19(13-11-18)22(25-14-5-6-15-25)17-24-23(26)20-8-7-9-21(16-20)27-4-2/h7-13,16,22H,3-6,14-15,17H2,1-2H3,(H,24,26)/t22-/m0/s1. The topological polar surface area (TPSA) is 41.6 Å². The number of likely N-dealkylation sites (tertiary alicyclic amines) is 1. The van der Waals surface area contributed by atoms with Crippen LogP contribution in [0.5, 0.6) is 5.75 Å². The Hall–Kier alpha value is -2.33. The molecule has 1 aliphatic heterocycles. The van der Waals surface area contributed by atoms with Crippen LogP contribution in [-0.2, 0) is 6.42 Å². The van der Waals surface area contributed by atoms with Gasteiger partial charge >= 0.3 is 0 Å². The average molecular weight is 367 g/mol. The number of carbonyl (C=O) groups excluding carboxylic acids is 1. The highest BCUT2D eigenvalue weighted by molar-refractivity contribution is 5.94. The second-order valence-corrected chi connectivity index (χ2v) is 7.02. The molecule has 0 saturated carbocycles. The SMILES string of the molecule is CCOc1cccc(C(=O)NC[C@@H](c2ccc(CC)cc2)N2CCCC2)c1. The first-order chi connectivity index (χ1) is 13.2. The highest BCUT2D eigenvalue weighted by Gasteiger charge is 2.24. The van der Waals surface area contributed by atoms with Gasteiger partial charge in [0.05, 0.1) is 12.6 Å². The molecule has 144 valence electrons. The average Bonchev–Trinajstić information content (AvgIpc) is 3.23. The Morgan fingerprint density at radius 1 is 1.11 bits per heavy atom. The molecule has 2 aromatic carbocycles. The van der Waals surface area contributed by atoms with Gasteiger partial charge in [-0.2, -0.15) is 0 Å². The zero-order valence-corrected chi connectivity index (χ0v) is 16.4. The summed E-state index contributed by atoms with van der Waals surface area (Å²) in [5.74, 6) is 0.683. The number of aryl methyl sites for hydroxylation is 1. The number of nitrogens with one attached hydrogen (secondary N) is 1. The van der Waals surface area contributed by atoms with Crippen LogP contribution in [0.2, 0.25) is 0 Å². The fraction of sp³-hybridized carbons (Fsp3) is 0.435. The molecule has 4 nitrogen and oxygen atoms in total. The maximum atomic E-state index is 12.7. The van der Waals surface area contributed by atoms with Crippen LogP contribution < -0.4 is 10.1 Å². The van der Waals surface area contributed by atoms with Crippen molar-refractivity contribution in [2.24, 2.45) is 0 Å². The minimum Gasteiger partial charge on any atom is -0.494 e. The third-order valence-electron chi connectivity index (χ3n) is 5.22. The van der Waals surface area contributed by atoms with Crippen molar-refractivity contribution in [1.29, 1.82) is 0 Å². The predicted molar refractivity (Wildman–Crippen MR) is 109 cm³/mol. The van der Waals surface area contributed by atoms with E-state index in [0.29, 0.717) is 18.7 Å². The van der Waals surface area contributed by atoms with Gasteiger partial charge < -0.3 is 10.1 Å². The molecular weight excluding hydrogens is 336 g/mol. The molecule has 27 heavy (non-hydrogen) atoms. The summed E-state index contributed by atoms with van der Waals surface area (Å²) in [5, 5.41) is 3.14. The minimum atomic E-state index is -0.0501. The van der Waals surface area contributed by atoms with Gasteiger partial charge in [-0.05, 0) is 68.6 Å². The van der Waals surface area contributed by atoms with E-state index in [4.69, 9.17) is 4.74 Å². The third-order valence-corrected chi connectivity index (χ3v) is 5.22. The van der Waals surface area contributed by atoms with Crippen LogP contribution in [0.3, 0.4) is 0 Å². The fourth-order valence-corrected chi connectivity index (χ4v) is 3.67. The molecule has 1 saturated heterocycles. The summed E-state index contributed by atoms with van der Waals surface area (Å²) in [4.78, 5) is 15.2. The largest absolute Gasteiger partial charge is 0.494 e. The molecule has 1 heterocycles. The normalized spacial score (nSPS) is 15.5. The summed E-state index contributed by atoms with van der Waals surface area (Å²) in [7, 11) is 0. The summed E-state index contributed by atoms with van der Waals surface area (Å²) in [6.07, 6.45) is 3.50. The van der Waals surface area contributed by atoms with Crippen molar-refractivity contribution >= 4 is 5.91 Å². The van der Waals surface area contributed by atoms with Crippen molar-refractivity contribution < 1.29 is 9.53 Å². The fourth-order valence-electron chi connectivity index (χ4n) is 3.67. The molecule has 0 spiro atoms. The first-order valence-electron chi connectivity index (χ1n) is 10.0. The molecule has 2 aromatic rings. The van der Waals surface area contributed by atoms with E-state index in [1.165, 1.54) is 24.0 Å². The van der Waals surface area contributed by atoms with E-state index in [2.05, 4.69) is 41.4 Å². The Morgan fingerprint density at radius 2 is 1.85 bits per heavy atom. The van der Waals surface area contributed by atoms with Crippen LogP contribution >= 0.6 is 0 Å². The molecule has 4 heteroatoms. The Balaban J connectivity index is 1.70. The van der Waals surface area contributed by atoms with Crippen LogP contribution in [0.1, 0.15) is 54.2 Å². The lowest BCUT2D eigenvalue weighted by molar-refractivity contribution is 0.0937. The summed E-state index contributed by atoms with van der Waals surface area (Å²) in [5.41, 5.74) is 3.26. The molecule has 0 unspecified atom stereocenters. The van der Waals surface area contributed by atoms with E-state index in [-0.39, 0.29) is 11.9 Å². The summed E-state index contributed by atoms with van der Waals surface area (Å²) in [6, 6.07) is 16.4. The molecule has 1 N–H and O–H groups in total. The number of benzene rings is 2. The Bertz CT molecular complexity index is 736. The van der Waals surface area contributed by atoms with Gasteiger partial charge in [0, 0.05) is 12.1 Å². The Kier molecular flexibility index (Phi) is 6.88. The quantitative estimate of drug-likeness (QED) is 0.761. The lowest BCUT2D eigenvalue weighted by Gasteiger charge is -2.28. The second-order valence-electron chi connectivity index (χ2n) is 7.02. The van der Waals surface area contributed by atoms with Gasteiger partial charge in [-0.25, -0.2) is 0 Å². The molecule has 3 rings (SSSR count). The minimum absolute atomic E-state index is 0.0501. The highest BCUT2D eigenvalue weighted by Crippen LogP contribution is 2.25. The van der Waals surface area contributed by atoms with Crippen molar-refractivity contribution in [2.45, 2.75) is 39.2 Å². The molecule has 0 bridgehead atoms. The number of hydrogen-bond donors (Lipinski definition) is 1. The first-order valence-corrected chi connectivity index (χ1v) is 10.0. The molecule has 1 atom stereocenters. The van der Waals surface area contributed by atoms with Crippen LogP contribution in [0, 0.1) is 0 Å². The molecule has 1 aliphatic rings. The van der Waals surface area contributed by atoms with Gasteiger partial charge in [0.1, 0.15) is 5.75 Å². The molecule has 0 aromatic heterocycles. The summed E-state index contributed by atoms with van der Waals surface area (Å²) in [6.45, 7) is 7.51. The van der Waals surface area contributed by atoms with E-state index in [1.807, 2.05) is 25.1 Å². The van der Waals surface area contributed by atoms with Gasteiger partial charge in [-0.1, -0.05) is 37.3 Å². The van der Waals surface area contributed by atoms with Crippen molar-refractivity contribution in [3.63, 3.8) is 0 Å². The van der Waals surface area contributed by atoms with Crippen molar-refractivity contribution in [3.05, 3.63) is 65.2 Å². The van der Waals surface area contributed by atoms with Gasteiger partial charge in [0.25, 0.3) is 5.91 Å². The van der Waals surface area contributed by atoms with Crippen molar-refractivity contribution in [2.75, 3.05) is 26.2 Å². The lowest BCUT2D eigenvalue weighted by atomic mass is 10.0. The Morgan fingerprint density at radius 3 is 2.52 bits per heavy atom. The maximum absolute atomic E-state index is 12.7. The zero-order chi connectivity index (χ0) is 19.1. The monoisotopic (exact) mass is 366 g/mol. The maximum Gasteiger partial charge on any atom is 0.251 e. The van der Waals surface area contributed by atoms with Gasteiger partial charge in [0.15, 0.2) is 0 Å². The van der Waals surface area contributed by atoms with E-state index in [0.717, 1.165) is 25.3 Å². The van der Waals surface area contributed by atoms with E-state index < -0.39 is 0 Å². The smallest absolute Gasteiger partial charge is 0.251 e. The van der Waals surface area contributed by atoms with Crippen LogP contribution in [-0.4, -0.2) is 37.0 Å². The van der Waals surface area contributed by atoms with E-state index in [1.54, 1.807) is 6.07 Å². The zero-order valence-electron chi connectivity index (χ0n) is 16.4. The molecular formula is C23H30N2O2. The summed E-state index contributed by atoms with van der Waals surface area (Å²) >= 11 is 0. The van der Waals surface area contributed by atoms with E-state index >= 15 is 0 Å². The second kappa shape index (κ2) is 9.56. The van der Waals surface area contributed by atoms with Gasteiger partial charge in [-0.15, -0.1) is 0 Å². The number of nitrogens with zero attached hydrogens (tertiary/aromatic N) is 1. The number of carbonyl (C=O) groups is 1. The number of rotatable bonds is 8. The highest BCUT2D eigenvalue weighted by atomic mass is 16.5. The van der Waals surface area contributed by atoms with Crippen LogP contribution in [0.4, 0.5) is 0 Å². The number of hydrogen-bond acceptors (Lipinski definition) is 3. The number of ether oxygens (including phenoxy) is 1. The van der Waals surface area contributed by atoms with Crippen LogP contribution in [0.25, 0.3) is 0 Å². The molecule has 1 fully saturated rings. The predicted octanol–water partition coefficient (Wildman–Crippen LogP) is 4.21. The van der Waals surface area contributed by atoms with E-state index in [9.17, 15) is 4.79 Å². The molecule has 0 aliphatic carbocycles. The van der Waals surface area contributed by atoms with Crippen molar-refractivity contribution in [3.8, 4) is 5.75 Å². The molecule has 1 amide bonds. The lowest BCUT2D eigenvalue weighted by Crippen LogP contribution is -2.36.